The summed E-state index contributed by atoms with van der Waals surface area (Å²) in [7, 11) is -0.378. The minimum absolute atomic E-state index is 0.0373. The number of aromatic nitrogens is 8. The van der Waals surface area contributed by atoms with Crippen LogP contribution in [0.25, 0.3) is 79.5 Å². The number of fused-ring (bicyclic) bond motifs is 2. The van der Waals surface area contributed by atoms with E-state index in [0.29, 0.717) is 29.1 Å². The quantitative estimate of drug-likeness (QED) is 0.136. The van der Waals surface area contributed by atoms with Gasteiger partial charge in [0.15, 0.2) is 29.1 Å². The van der Waals surface area contributed by atoms with E-state index < -0.39 is 0 Å². The molecule has 5 heterocycles. The van der Waals surface area contributed by atoms with E-state index >= 15 is 0 Å². The summed E-state index contributed by atoms with van der Waals surface area (Å²) in [6.07, 6.45) is 3.79. The molecule has 0 spiro atoms. The van der Waals surface area contributed by atoms with E-state index in [9.17, 15) is 0 Å². The second kappa shape index (κ2) is 26.7. The molecule has 104 heavy (non-hydrogen) atoms. The molecule has 1 fully saturated rings. The van der Waals surface area contributed by atoms with Gasteiger partial charge in [0, 0.05) is 56.8 Å². The highest BCUT2D eigenvalue weighted by Crippen LogP contribution is 2.63. The molecule has 3 aliphatic rings. The van der Waals surface area contributed by atoms with Crippen molar-refractivity contribution in [2.24, 2.45) is 10.8 Å². The average Bonchev–Trinajstić information content (AvgIpc) is 1.55. The van der Waals surface area contributed by atoms with Crippen molar-refractivity contribution in [1.82, 2.24) is 39.9 Å². The van der Waals surface area contributed by atoms with Crippen molar-refractivity contribution in [2.45, 2.75) is 248 Å². The maximum absolute atomic E-state index is 6.20. The van der Waals surface area contributed by atoms with Crippen molar-refractivity contribution in [2.75, 3.05) is 0 Å². The fourth-order valence-corrected chi connectivity index (χ4v) is 14.8. The van der Waals surface area contributed by atoms with Crippen LogP contribution >= 0.6 is 11.6 Å². The molecule has 0 unspecified atom stereocenters. The maximum atomic E-state index is 6.20. The molecular formula is C92H112BClN8O2. The van der Waals surface area contributed by atoms with Crippen LogP contribution in [-0.4, -0.2) is 58.2 Å². The fourth-order valence-electron chi connectivity index (χ4n) is 14.7. The minimum Gasteiger partial charge on any atom is -0.399 e. The van der Waals surface area contributed by atoms with Crippen molar-refractivity contribution >= 4 is 24.2 Å². The van der Waals surface area contributed by atoms with Gasteiger partial charge in [-0.15, -0.1) is 0 Å². The zero-order chi connectivity index (χ0) is 76.3. The Balaban J connectivity index is 0.000000165. The summed E-state index contributed by atoms with van der Waals surface area (Å²) >= 11 is 6.20. The zero-order valence-electron chi connectivity index (χ0n) is 67.5. The molecule has 1 saturated heterocycles. The molecule has 12 heteroatoms. The molecule has 0 atom stereocenters. The standard InChI is InChI=1S/C43H50N4.C26H36BNO2.C23H26ClN3/c1-39(2,3)31-19-13-27(14-20-31)36-45-37(28-15-21-32(22-16-28)40(4,5)6)47-38(46-36)30-18-24-35(44-26-30)29-17-23-33-34(25-29)42(9,10)43(11,12)41(33,7)8;1-22(2)19-13-11-17(15-20(19)23(3,4)24(22,5)6)21-14-12-18(16-28-21)27-29-25(7,8)26(9,10)30-27;1-22(2,3)17-11-7-15(8-12-17)19-25-20(27-21(24)26-19)16-9-13-18(14-10-16)23(4,5)6/h13-26H,1-12H3;11-16H,1-10H3;7-14H,1-6H3. The molecule has 0 bridgehead atoms. The van der Waals surface area contributed by atoms with Gasteiger partial charge in [0.05, 0.1) is 22.6 Å². The molecule has 0 amide bonds. The molecule has 10 aromatic rings. The Bertz CT molecular complexity index is 4620. The van der Waals surface area contributed by atoms with Gasteiger partial charge < -0.3 is 9.31 Å². The summed E-state index contributed by atoms with van der Waals surface area (Å²) in [5.74, 6) is 3.10. The Kier molecular flexibility index (Phi) is 19.8. The topological polar surface area (TPSA) is 122 Å². The van der Waals surface area contributed by atoms with Gasteiger partial charge in [-0.1, -0.05) is 294 Å². The Morgan fingerprint density at radius 2 is 0.548 bits per heavy atom. The number of pyridine rings is 2. The molecule has 0 radical (unpaired) electrons. The van der Waals surface area contributed by atoms with Crippen LogP contribution in [0.3, 0.4) is 0 Å². The van der Waals surface area contributed by atoms with Gasteiger partial charge in [-0.25, -0.2) is 19.9 Å². The summed E-state index contributed by atoms with van der Waals surface area (Å²) in [5, 5.41) is 0.204. The second-order valence-electron chi connectivity index (χ2n) is 37.6. The van der Waals surface area contributed by atoms with Gasteiger partial charge in [-0.3, -0.25) is 9.97 Å². The highest BCUT2D eigenvalue weighted by Gasteiger charge is 2.58. The lowest BCUT2D eigenvalue weighted by Gasteiger charge is -2.44. The first-order valence-electron chi connectivity index (χ1n) is 37.2. The number of rotatable bonds is 8. The molecule has 0 saturated carbocycles. The number of benzene rings is 6. The summed E-state index contributed by atoms with van der Waals surface area (Å²) < 4.78 is 12.3. The Morgan fingerprint density at radius 1 is 0.288 bits per heavy atom. The lowest BCUT2D eigenvalue weighted by Crippen LogP contribution is -2.42. The SMILES string of the molecule is CC(C)(C)c1ccc(-c2nc(-c3ccc(C(C)(C)C)cc3)nc(-c3ccc(-c4ccc5c(c4)C(C)(C)C(C)(C)C5(C)C)nc3)n2)cc1.CC(C)(C)c1ccc(-c2nc(Cl)nc(-c3ccc(C(C)(C)C)cc3)n2)cc1.CC1(C)OB(c2ccc(-c3ccc4c(c3)C(C)(C)C(C)(C)C4(C)C)nc2)OC1(C)C. The van der Waals surface area contributed by atoms with Crippen LogP contribution in [0.1, 0.15) is 238 Å². The zero-order valence-corrected chi connectivity index (χ0v) is 68.3. The normalized spacial score (nSPS) is 17.8. The van der Waals surface area contributed by atoms with Crippen LogP contribution in [0.4, 0.5) is 0 Å². The third-order valence-electron chi connectivity index (χ3n) is 25.2. The highest BCUT2D eigenvalue weighted by atomic mass is 35.5. The van der Waals surface area contributed by atoms with E-state index in [1.165, 1.54) is 44.5 Å². The maximum Gasteiger partial charge on any atom is 0.496 e. The van der Waals surface area contributed by atoms with Crippen molar-refractivity contribution in [1.29, 1.82) is 0 Å². The van der Waals surface area contributed by atoms with Gasteiger partial charge in [0.2, 0.25) is 5.28 Å². The monoisotopic (exact) mass is 1410 g/mol. The molecule has 0 N–H and O–H groups in total. The molecule has 542 valence electrons. The highest BCUT2D eigenvalue weighted by molar-refractivity contribution is 6.62. The summed E-state index contributed by atoms with van der Waals surface area (Å²) in [5.41, 5.74) is 20.9. The Morgan fingerprint density at radius 3 is 0.827 bits per heavy atom. The minimum atomic E-state index is -0.378. The van der Waals surface area contributed by atoms with E-state index in [-0.39, 0.29) is 77.8 Å². The number of hydrogen-bond acceptors (Lipinski definition) is 10. The summed E-state index contributed by atoms with van der Waals surface area (Å²) in [6.45, 7) is 63.4. The number of nitrogens with zero attached hydrogens (tertiary/aromatic N) is 8. The number of halogens is 1. The lowest BCUT2D eigenvalue weighted by molar-refractivity contribution is 0.00578. The van der Waals surface area contributed by atoms with Crippen LogP contribution in [0, 0.1) is 10.8 Å². The third kappa shape index (κ3) is 14.4. The predicted octanol–water partition coefficient (Wildman–Crippen LogP) is 23.2. The Labute approximate surface area is 628 Å². The molecular weight excluding hydrogens is 1300 g/mol. The first-order valence-corrected chi connectivity index (χ1v) is 37.5. The second-order valence-corrected chi connectivity index (χ2v) is 38.0. The molecule has 4 aromatic heterocycles. The van der Waals surface area contributed by atoms with Crippen LogP contribution in [-0.2, 0) is 52.6 Å². The van der Waals surface area contributed by atoms with Crippen molar-refractivity contribution in [3.8, 4) is 79.5 Å². The molecule has 1 aliphatic heterocycles. The largest absolute Gasteiger partial charge is 0.496 e. The predicted molar refractivity (Wildman–Crippen MR) is 435 cm³/mol. The fraction of sp³-hybridized carbons (Fsp3) is 0.435. The molecule has 2 aliphatic carbocycles. The molecule has 6 aromatic carbocycles. The molecule has 10 nitrogen and oxygen atoms in total. The van der Waals surface area contributed by atoms with Crippen molar-refractivity contribution in [3.63, 3.8) is 0 Å². The van der Waals surface area contributed by atoms with Crippen LogP contribution in [0.15, 0.2) is 170 Å². The van der Waals surface area contributed by atoms with Crippen LogP contribution in [0.2, 0.25) is 5.28 Å². The van der Waals surface area contributed by atoms with Gasteiger partial charge in [-0.2, -0.15) is 9.97 Å². The smallest absolute Gasteiger partial charge is 0.399 e. The van der Waals surface area contributed by atoms with Gasteiger partial charge in [-0.05, 0) is 168 Å². The van der Waals surface area contributed by atoms with Gasteiger partial charge in [0.1, 0.15) is 0 Å². The molecule has 13 rings (SSSR count). The average molecular weight is 1410 g/mol. The van der Waals surface area contributed by atoms with Gasteiger partial charge in [0.25, 0.3) is 0 Å². The van der Waals surface area contributed by atoms with E-state index in [0.717, 1.165) is 55.8 Å². The lowest BCUT2D eigenvalue weighted by atomic mass is 9.59. The van der Waals surface area contributed by atoms with E-state index in [4.69, 9.17) is 45.8 Å². The first-order chi connectivity index (χ1) is 48.0. The van der Waals surface area contributed by atoms with Crippen molar-refractivity contribution in [3.05, 3.63) is 220 Å². The van der Waals surface area contributed by atoms with Gasteiger partial charge >= 0.3 is 7.12 Å². The van der Waals surface area contributed by atoms with E-state index in [1.54, 1.807) is 0 Å². The first kappa shape index (κ1) is 77.0. The van der Waals surface area contributed by atoms with Crippen molar-refractivity contribution < 1.29 is 9.31 Å². The summed E-state index contributed by atoms with van der Waals surface area (Å²) in [6, 6.07) is 55.9. The van der Waals surface area contributed by atoms with E-state index in [1.807, 2.05) is 36.7 Å². The van der Waals surface area contributed by atoms with E-state index in [2.05, 4.69) is 342 Å². The van der Waals surface area contributed by atoms with Crippen LogP contribution in [0.5, 0.6) is 0 Å². The third-order valence-corrected chi connectivity index (χ3v) is 25.4. The summed E-state index contributed by atoms with van der Waals surface area (Å²) in [4.78, 5) is 38.0. The number of hydrogen-bond donors (Lipinski definition) is 0. The van der Waals surface area contributed by atoms with Crippen LogP contribution < -0.4 is 5.46 Å². The Hall–Kier alpha value is -8.09.